The van der Waals surface area contributed by atoms with Gasteiger partial charge in [0.15, 0.2) is 0 Å². The summed E-state index contributed by atoms with van der Waals surface area (Å²) in [6.45, 7) is 8.71. The van der Waals surface area contributed by atoms with Crippen molar-refractivity contribution >= 4 is 0 Å². The lowest BCUT2D eigenvalue weighted by atomic mass is 9.55. The highest BCUT2D eigenvalue weighted by Gasteiger charge is 2.47. The predicted molar refractivity (Wildman–Crippen MR) is 59.0 cm³/mol. The van der Waals surface area contributed by atoms with Gasteiger partial charge in [-0.3, -0.25) is 0 Å². The molecule has 0 heterocycles. The van der Waals surface area contributed by atoms with Gasteiger partial charge in [0, 0.05) is 0 Å². The molecule has 0 aliphatic heterocycles. The lowest BCUT2D eigenvalue weighted by Gasteiger charge is -2.51. The summed E-state index contributed by atoms with van der Waals surface area (Å²) in [4.78, 5) is 0. The van der Waals surface area contributed by atoms with Crippen LogP contribution in [0.25, 0.3) is 0 Å². The smallest absolute Gasteiger partial charge is 0.0602 e. The topological polar surface area (TPSA) is 20.2 Å². The summed E-state index contributed by atoms with van der Waals surface area (Å²) in [7, 11) is 0. The van der Waals surface area contributed by atoms with E-state index in [2.05, 4.69) is 20.4 Å². The van der Waals surface area contributed by atoms with Crippen molar-refractivity contribution < 1.29 is 5.11 Å². The number of hydrogen-bond donors (Lipinski definition) is 1. The molecule has 1 nitrogen and oxygen atoms in total. The SMILES string of the molecule is C=C1CCC[C@H]2[C@H](O)[C@@H](C)CC[C@@]12C. The van der Waals surface area contributed by atoms with E-state index >= 15 is 0 Å². The van der Waals surface area contributed by atoms with Crippen LogP contribution in [0.5, 0.6) is 0 Å². The maximum Gasteiger partial charge on any atom is 0.0602 e. The molecule has 0 aromatic heterocycles. The number of fused-ring (bicyclic) bond motifs is 1. The Bertz CT molecular complexity index is 246. The van der Waals surface area contributed by atoms with Crippen LogP contribution in [-0.4, -0.2) is 11.2 Å². The largest absolute Gasteiger partial charge is 0.393 e. The van der Waals surface area contributed by atoms with E-state index in [-0.39, 0.29) is 11.5 Å². The minimum absolute atomic E-state index is 0.0919. The van der Waals surface area contributed by atoms with Gasteiger partial charge in [-0.15, -0.1) is 0 Å². The molecule has 0 radical (unpaired) electrons. The molecular weight excluding hydrogens is 172 g/mol. The van der Waals surface area contributed by atoms with Crippen LogP contribution in [0, 0.1) is 17.3 Å². The van der Waals surface area contributed by atoms with Gasteiger partial charge < -0.3 is 5.11 Å². The molecule has 0 saturated heterocycles. The standard InChI is InChI=1S/C13H22O/c1-9-7-8-13(3)10(2)5-4-6-11(13)12(9)14/h9,11-12,14H,2,4-8H2,1,3H3/t9-,11-,12+,13-/m0/s1. The highest BCUT2D eigenvalue weighted by atomic mass is 16.3. The zero-order valence-corrected chi connectivity index (χ0v) is 9.42. The molecule has 0 spiro atoms. The van der Waals surface area contributed by atoms with Gasteiger partial charge in [0.2, 0.25) is 0 Å². The van der Waals surface area contributed by atoms with E-state index in [4.69, 9.17) is 0 Å². The Kier molecular flexibility index (Phi) is 2.46. The van der Waals surface area contributed by atoms with Crippen LogP contribution in [0.1, 0.15) is 46.0 Å². The van der Waals surface area contributed by atoms with Gasteiger partial charge in [0.25, 0.3) is 0 Å². The van der Waals surface area contributed by atoms with Crippen molar-refractivity contribution in [3.63, 3.8) is 0 Å². The van der Waals surface area contributed by atoms with Crippen LogP contribution in [0.15, 0.2) is 12.2 Å². The first kappa shape index (κ1) is 10.2. The molecule has 0 aromatic rings. The quantitative estimate of drug-likeness (QED) is 0.587. The summed E-state index contributed by atoms with van der Waals surface area (Å²) in [5.74, 6) is 0.964. The number of rotatable bonds is 0. The zero-order valence-electron chi connectivity index (χ0n) is 9.42. The number of hydrogen-bond acceptors (Lipinski definition) is 1. The lowest BCUT2D eigenvalue weighted by molar-refractivity contribution is -0.0498. The second-order valence-electron chi connectivity index (χ2n) is 5.53. The molecule has 1 N–H and O–H groups in total. The highest BCUT2D eigenvalue weighted by Crippen LogP contribution is 2.53. The Balaban J connectivity index is 2.25. The van der Waals surface area contributed by atoms with Crippen molar-refractivity contribution in [2.24, 2.45) is 17.3 Å². The average molecular weight is 194 g/mol. The summed E-state index contributed by atoms with van der Waals surface area (Å²) in [6.07, 6.45) is 5.89. The molecular formula is C13H22O. The molecule has 0 aromatic carbocycles. The molecule has 14 heavy (non-hydrogen) atoms. The van der Waals surface area contributed by atoms with Crippen LogP contribution in [0.4, 0.5) is 0 Å². The number of aliphatic hydroxyl groups is 1. The molecule has 4 atom stereocenters. The summed E-state index contributed by atoms with van der Waals surface area (Å²) < 4.78 is 0. The van der Waals surface area contributed by atoms with E-state index < -0.39 is 0 Å². The summed E-state index contributed by atoms with van der Waals surface area (Å²) in [5, 5.41) is 10.2. The fraction of sp³-hybridized carbons (Fsp3) is 0.846. The third-order valence-electron chi connectivity index (χ3n) is 4.73. The first-order chi connectivity index (χ1) is 6.55. The molecule has 1 heteroatoms. The second kappa shape index (κ2) is 3.37. The number of allylic oxidation sites excluding steroid dienone is 1. The van der Waals surface area contributed by atoms with E-state index in [0.717, 1.165) is 6.42 Å². The fourth-order valence-electron chi connectivity index (χ4n) is 3.41. The number of aliphatic hydroxyl groups excluding tert-OH is 1. The Labute approximate surface area is 87.2 Å². The molecule has 2 fully saturated rings. The van der Waals surface area contributed by atoms with Gasteiger partial charge >= 0.3 is 0 Å². The van der Waals surface area contributed by atoms with Crippen molar-refractivity contribution in [1.29, 1.82) is 0 Å². The van der Waals surface area contributed by atoms with E-state index in [1.807, 2.05) is 0 Å². The van der Waals surface area contributed by atoms with Gasteiger partial charge in [-0.2, -0.15) is 0 Å². The molecule has 2 saturated carbocycles. The van der Waals surface area contributed by atoms with Crippen molar-refractivity contribution in [3.8, 4) is 0 Å². The predicted octanol–water partition coefficient (Wildman–Crippen LogP) is 3.14. The maximum absolute atomic E-state index is 10.2. The summed E-state index contributed by atoms with van der Waals surface area (Å²) in [6, 6.07) is 0. The molecule has 2 aliphatic rings. The van der Waals surface area contributed by atoms with E-state index in [0.29, 0.717) is 11.8 Å². The zero-order chi connectivity index (χ0) is 10.3. The van der Waals surface area contributed by atoms with Gasteiger partial charge in [-0.1, -0.05) is 26.0 Å². The van der Waals surface area contributed by atoms with Crippen LogP contribution < -0.4 is 0 Å². The van der Waals surface area contributed by atoms with Crippen LogP contribution in [0.3, 0.4) is 0 Å². The second-order valence-corrected chi connectivity index (χ2v) is 5.53. The fourth-order valence-corrected chi connectivity index (χ4v) is 3.41. The van der Waals surface area contributed by atoms with Crippen LogP contribution in [0.2, 0.25) is 0 Å². The Morgan fingerprint density at radius 3 is 2.86 bits per heavy atom. The molecule has 2 rings (SSSR count). The van der Waals surface area contributed by atoms with Gasteiger partial charge in [-0.05, 0) is 49.4 Å². The average Bonchev–Trinajstić information content (AvgIpc) is 2.16. The van der Waals surface area contributed by atoms with Crippen molar-refractivity contribution in [2.45, 2.75) is 52.1 Å². The van der Waals surface area contributed by atoms with Crippen molar-refractivity contribution in [1.82, 2.24) is 0 Å². The summed E-state index contributed by atoms with van der Waals surface area (Å²) in [5.41, 5.74) is 1.63. The first-order valence-electron chi connectivity index (χ1n) is 5.92. The lowest BCUT2D eigenvalue weighted by Crippen LogP contribution is -2.46. The first-order valence-corrected chi connectivity index (χ1v) is 5.92. The van der Waals surface area contributed by atoms with Crippen LogP contribution >= 0.6 is 0 Å². The Hall–Kier alpha value is -0.300. The maximum atomic E-state index is 10.2. The highest BCUT2D eigenvalue weighted by molar-refractivity contribution is 5.17. The van der Waals surface area contributed by atoms with E-state index in [9.17, 15) is 5.11 Å². The van der Waals surface area contributed by atoms with E-state index in [1.54, 1.807) is 0 Å². The Morgan fingerprint density at radius 2 is 2.14 bits per heavy atom. The monoisotopic (exact) mass is 194 g/mol. The van der Waals surface area contributed by atoms with E-state index in [1.165, 1.54) is 31.3 Å². The third kappa shape index (κ3) is 1.33. The van der Waals surface area contributed by atoms with Gasteiger partial charge in [0.05, 0.1) is 6.10 Å². The molecule has 0 amide bonds. The molecule has 0 unspecified atom stereocenters. The molecule has 2 aliphatic carbocycles. The molecule has 80 valence electrons. The normalized spacial score (nSPS) is 48.8. The van der Waals surface area contributed by atoms with Crippen LogP contribution in [-0.2, 0) is 0 Å². The van der Waals surface area contributed by atoms with Crippen molar-refractivity contribution in [3.05, 3.63) is 12.2 Å². The van der Waals surface area contributed by atoms with Gasteiger partial charge in [-0.25, -0.2) is 0 Å². The van der Waals surface area contributed by atoms with Crippen molar-refractivity contribution in [2.75, 3.05) is 0 Å². The Morgan fingerprint density at radius 1 is 1.43 bits per heavy atom. The third-order valence-corrected chi connectivity index (χ3v) is 4.73. The summed E-state index contributed by atoms with van der Waals surface area (Å²) >= 11 is 0. The molecule has 0 bridgehead atoms. The van der Waals surface area contributed by atoms with Gasteiger partial charge in [0.1, 0.15) is 0 Å². The minimum atomic E-state index is -0.0919. The minimum Gasteiger partial charge on any atom is -0.393 e.